The smallest absolute Gasteiger partial charge is 0.340 e. The van der Waals surface area contributed by atoms with Gasteiger partial charge in [0.15, 0.2) is 0 Å². The van der Waals surface area contributed by atoms with Gasteiger partial charge in [-0.05, 0) is 26.0 Å². The van der Waals surface area contributed by atoms with Crippen LogP contribution in [0.2, 0.25) is 0 Å². The van der Waals surface area contributed by atoms with Crippen LogP contribution in [0.15, 0.2) is 18.2 Å². The molecule has 0 fully saturated rings. The summed E-state index contributed by atoms with van der Waals surface area (Å²) in [5.74, 6) is -0.416. The Bertz CT molecular complexity index is 421. The molecule has 0 aliphatic rings. The van der Waals surface area contributed by atoms with Crippen molar-refractivity contribution in [3.8, 4) is 0 Å². The van der Waals surface area contributed by atoms with Gasteiger partial charge in [0.25, 0.3) is 0 Å². The largest absolute Gasteiger partial charge is 0.465 e. The zero-order valence-corrected chi connectivity index (χ0v) is 11.8. The van der Waals surface area contributed by atoms with Gasteiger partial charge in [-0.15, -0.1) is 0 Å². The van der Waals surface area contributed by atoms with Crippen LogP contribution in [0.3, 0.4) is 0 Å². The van der Waals surface area contributed by atoms with E-state index in [0.29, 0.717) is 24.5 Å². The Kier molecular flexibility index (Phi) is 6.15. The molecule has 1 aromatic rings. The SMILES string of the molecule is CCOCCN(CC)c1cccc(C(=O)OC)c1N. The normalized spacial score (nSPS) is 10.3. The maximum absolute atomic E-state index is 11.6. The number of likely N-dealkylation sites (N-methyl/N-ethyl adjacent to an activating group) is 1. The van der Waals surface area contributed by atoms with Crippen molar-refractivity contribution in [2.75, 3.05) is 44.0 Å². The van der Waals surface area contributed by atoms with E-state index >= 15 is 0 Å². The maximum Gasteiger partial charge on any atom is 0.340 e. The molecule has 5 nitrogen and oxygen atoms in total. The molecule has 5 heteroatoms. The topological polar surface area (TPSA) is 64.8 Å². The average Bonchev–Trinajstić information content (AvgIpc) is 2.44. The van der Waals surface area contributed by atoms with E-state index in [2.05, 4.69) is 4.90 Å². The summed E-state index contributed by atoms with van der Waals surface area (Å²) in [6.45, 7) is 6.85. The van der Waals surface area contributed by atoms with Crippen molar-refractivity contribution in [2.24, 2.45) is 0 Å². The van der Waals surface area contributed by atoms with E-state index in [1.807, 2.05) is 19.9 Å². The van der Waals surface area contributed by atoms with E-state index in [1.54, 1.807) is 12.1 Å². The molecule has 0 amide bonds. The highest BCUT2D eigenvalue weighted by Gasteiger charge is 2.15. The average molecular weight is 266 g/mol. The van der Waals surface area contributed by atoms with E-state index in [-0.39, 0.29) is 0 Å². The van der Waals surface area contributed by atoms with Crippen molar-refractivity contribution >= 4 is 17.3 Å². The molecule has 0 radical (unpaired) electrons. The lowest BCUT2D eigenvalue weighted by molar-refractivity contribution is 0.0602. The Morgan fingerprint density at radius 2 is 2.11 bits per heavy atom. The second kappa shape index (κ2) is 7.63. The Morgan fingerprint density at radius 1 is 1.37 bits per heavy atom. The number of para-hydroxylation sites is 1. The van der Waals surface area contributed by atoms with Gasteiger partial charge in [-0.3, -0.25) is 0 Å². The highest BCUT2D eigenvalue weighted by Crippen LogP contribution is 2.27. The molecule has 0 heterocycles. The molecule has 1 rings (SSSR count). The predicted molar refractivity (Wildman–Crippen MR) is 76.6 cm³/mol. The lowest BCUT2D eigenvalue weighted by Gasteiger charge is -2.25. The predicted octanol–water partition coefficient (Wildman–Crippen LogP) is 1.92. The quantitative estimate of drug-likeness (QED) is 0.464. The summed E-state index contributed by atoms with van der Waals surface area (Å²) < 4.78 is 10.1. The van der Waals surface area contributed by atoms with Gasteiger partial charge in [0, 0.05) is 19.7 Å². The number of anilines is 2. The van der Waals surface area contributed by atoms with E-state index in [0.717, 1.165) is 18.8 Å². The van der Waals surface area contributed by atoms with Crippen molar-refractivity contribution < 1.29 is 14.3 Å². The number of benzene rings is 1. The molecule has 0 spiro atoms. The third-order valence-corrected chi connectivity index (χ3v) is 2.92. The van der Waals surface area contributed by atoms with Gasteiger partial charge in [0.2, 0.25) is 0 Å². The van der Waals surface area contributed by atoms with Crippen molar-refractivity contribution in [1.29, 1.82) is 0 Å². The molecule has 0 aliphatic carbocycles. The first kappa shape index (κ1) is 15.3. The van der Waals surface area contributed by atoms with Crippen molar-refractivity contribution in [1.82, 2.24) is 0 Å². The van der Waals surface area contributed by atoms with Crippen LogP contribution in [0, 0.1) is 0 Å². The summed E-state index contributed by atoms with van der Waals surface area (Å²) in [5.41, 5.74) is 7.74. The molecule has 0 saturated carbocycles. The highest BCUT2D eigenvalue weighted by atomic mass is 16.5. The van der Waals surface area contributed by atoms with Crippen LogP contribution >= 0.6 is 0 Å². The Labute approximate surface area is 114 Å². The number of nitrogens with zero attached hydrogens (tertiary/aromatic N) is 1. The van der Waals surface area contributed by atoms with Gasteiger partial charge in [0.05, 0.1) is 30.7 Å². The fraction of sp³-hybridized carbons (Fsp3) is 0.500. The molecule has 0 bridgehead atoms. The third kappa shape index (κ3) is 3.86. The molecule has 0 aliphatic heterocycles. The minimum absolute atomic E-state index is 0.398. The lowest BCUT2D eigenvalue weighted by Crippen LogP contribution is -2.28. The second-order valence-corrected chi connectivity index (χ2v) is 4.01. The number of nitrogens with two attached hydrogens (primary N) is 1. The summed E-state index contributed by atoms with van der Waals surface area (Å²) >= 11 is 0. The zero-order chi connectivity index (χ0) is 14.3. The number of rotatable bonds is 7. The van der Waals surface area contributed by atoms with Gasteiger partial charge in [-0.2, -0.15) is 0 Å². The molecule has 0 unspecified atom stereocenters. The van der Waals surface area contributed by atoms with E-state index in [1.165, 1.54) is 7.11 Å². The first-order valence-electron chi connectivity index (χ1n) is 6.45. The van der Waals surface area contributed by atoms with Crippen molar-refractivity contribution in [3.63, 3.8) is 0 Å². The number of carbonyl (C=O) groups is 1. The molecule has 0 atom stereocenters. The number of hydrogen-bond donors (Lipinski definition) is 1. The van der Waals surface area contributed by atoms with Crippen LogP contribution in [0.25, 0.3) is 0 Å². The first-order valence-corrected chi connectivity index (χ1v) is 6.45. The van der Waals surface area contributed by atoms with E-state index in [4.69, 9.17) is 15.2 Å². The fourth-order valence-electron chi connectivity index (χ4n) is 1.88. The number of hydrogen-bond acceptors (Lipinski definition) is 5. The summed E-state index contributed by atoms with van der Waals surface area (Å²) in [6, 6.07) is 5.37. The first-order chi connectivity index (χ1) is 9.15. The summed E-state index contributed by atoms with van der Waals surface area (Å²) in [6.07, 6.45) is 0. The van der Waals surface area contributed by atoms with Crippen LogP contribution in [0.1, 0.15) is 24.2 Å². The summed E-state index contributed by atoms with van der Waals surface area (Å²) in [7, 11) is 1.35. The van der Waals surface area contributed by atoms with Gasteiger partial charge >= 0.3 is 5.97 Å². The standard InChI is InChI=1S/C14H22N2O3/c1-4-16(9-10-19-5-2)12-8-6-7-11(13(12)15)14(17)18-3/h6-8H,4-5,9-10,15H2,1-3H3. The minimum atomic E-state index is -0.416. The van der Waals surface area contributed by atoms with E-state index in [9.17, 15) is 4.79 Å². The molecule has 0 saturated heterocycles. The van der Waals surface area contributed by atoms with E-state index < -0.39 is 5.97 Å². The number of ether oxygens (including phenoxy) is 2. The van der Waals surface area contributed by atoms with Crippen LogP contribution in [-0.2, 0) is 9.47 Å². The minimum Gasteiger partial charge on any atom is -0.465 e. The molecule has 2 N–H and O–H groups in total. The summed E-state index contributed by atoms with van der Waals surface area (Å²) in [4.78, 5) is 13.7. The van der Waals surface area contributed by atoms with Gasteiger partial charge < -0.3 is 20.1 Å². The lowest BCUT2D eigenvalue weighted by atomic mass is 10.1. The molecule has 0 aromatic heterocycles. The van der Waals surface area contributed by atoms with Gasteiger partial charge in [-0.25, -0.2) is 4.79 Å². The Balaban J connectivity index is 2.94. The maximum atomic E-state index is 11.6. The van der Waals surface area contributed by atoms with Gasteiger partial charge in [-0.1, -0.05) is 6.07 Å². The molecule has 1 aromatic carbocycles. The van der Waals surface area contributed by atoms with Crippen LogP contribution in [-0.4, -0.2) is 39.4 Å². The number of methoxy groups -OCH3 is 1. The monoisotopic (exact) mass is 266 g/mol. The second-order valence-electron chi connectivity index (χ2n) is 4.01. The van der Waals surface area contributed by atoms with Crippen molar-refractivity contribution in [2.45, 2.75) is 13.8 Å². The summed E-state index contributed by atoms with van der Waals surface area (Å²) in [5, 5.41) is 0. The third-order valence-electron chi connectivity index (χ3n) is 2.92. The Hall–Kier alpha value is -1.75. The molecular formula is C14H22N2O3. The number of esters is 1. The van der Waals surface area contributed by atoms with Crippen LogP contribution in [0.5, 0.6) is 0 Å². The number of carbonyl (C=O) groups excluding carboxylic acids is 1. The number of nitrogen functional groups attached to an aromatic ring is 1. The van der Waals surface area contributed by atoms with Crippen LogP contribution < -0.4 is 10.6 Å². The van der Waals surface area contributed by atoms with Crippen molar-refractivity contribution in [3.05, 3.63) is 23.8 Å². The molecular weight excluding hydrogens is 244 g/mol. The molecule has 19 heavy (non-hydrogen) atoms. The molecule has 106 valence electrons. The zero-order valence-electron chi connectivity index (χ0n) is 11.8. The highest BCUT2D eigenvalue weighted by molar-refractivity contribution is 5.98. The fourth-order valence-corrected chi connectivity index (χ4v) is 1.88. The Morgan fingerprint density at radius 3 is 2.68 bits per heavy atom. The van der Waals surface area contributed by atoms with Crippen LogP contribution in [0.4, 0.5) is 11.4 Å². The van der Waals surface area contributed by atoms with Gasteiger partial charge in [0.1, 0.15) is 0 Å².